The molecule has 1 N–H and O–H groups in total. The molecule has 0 radical (unpaired) electrons. The molecule has 0 saturated heterocycles. The van der Waals surface area contributed by atoms with E-state index in [1.165, 1.54) is 5.56 Å². The van der Waals surface area contributed by atoms with Crippen LogP contribution in [0.2, 0.25) is 0 Å². The van der Waals surface area contributed by atoms with Gasteiger partial charge in [-0.15, -0.1) is 0 Å². The van der Waals surface area contributed by atoms with Crippen LogP contribution in [-0.2, 0) is 11.2 Å². The fourth-order valence-corrected chi connectivity index (χ4v) is 1.82. The number of aliphatic carboxylic acids is 1. The molecular formula is C16H24O3. The number of ether oxygens (including phenoxy) is 1. The van der Waals surface area contributed by atoms with E-state index in [0.717, 1.165) is 25.0 Å². The zero-order valence-corrected chi connectivity index (χ0v) is 12.1. The van der Waals surface area contributed by atoms with Crippen molar-refractivity contribution in [2.45, 2.75) is 46.5 Å². The van der Waals surface area contributed by atoms with Gasteiger partial charge < -0.3 is 9.84 Å². The van der Waals surface area contributed by atoms with Crippen LogP contribution in [0.4, 0.5) is 0 Å². The van der Waals surface area contributed by atoms with Crippen LogP contribution in [-0.4, -0.2) is 17.7 Å². The van der Waals surface area contributed by atoms with Gasteiger partial charge in [0.05, 0.1) is 12.0 Å². The summed E-state index contributed by atoms with van der Waals surface area (Å²) in [7, 11) is 0. The molecule has 106 valence electrons. The Kier molecular flexibility index (Phi) is 5.87. The number of hydrogen-bond donors (Lipinski definition) is 1. The van der Waals surface area contributed by atoms with Gasteiger partial charge in [-0.05, 0) is 57.2 Å². The van der Waals surface area contributed by atoms with E-state index in [-0.39, 0.29) is 0 Å². The van der Waals surface area contributed by atoms with E-state index in [9.17, 15) is 4.79 Å². The van der Waals surface area contributed by atoms with E-state index in [0.29, 0.717) is 13.0 Å². The molecule has 3 nitrogen and oxygen atoms in total. The molecule has 0 aliphatic rings. The van der Waals surface area contributed by atoms with Crippen LogP contribution in [0.1, 0.15) is 45.6 Å². The first-order valence-electron chi connectivity index (χ1n) is 6.91. The van der Waals surface area contributed by atoms with E-state index in [4.69, 9.17) is 9.84 Å². The lowest BCUT2D eigenvalue weighted by Crippen LogP contribution is -2.23. The van der Waals surface area contributed by atoms with Crippen molar-refractivity contribution >= 4 is 5.97 Å². The summed E-state index contributed by atoms with van der Waals surface area (Å²) < 4.78 is 5.68. The molecule has 0 heterocycles. The average Bonchev–Trinajstić information content (AvgIpc) is 2.38. The van der Waals surface area contributed by atoms with Crippen molar-refractivity contribution in [1.82, 2.24) is 0 Å². The van der Waals surface area contributed by atoms with Gasteiger partial charge in [0.25, 0.3) is 0 Å². The Morgan fingerprint density at radius 3 is 2.68 bits per heavy atom. The third-order valence-electron chi connectivity index (χ3n) is 3.35. The topological polar surface area (TPSA) is 46.5 Å². The summed E-state index contributed by atoms with van der Waals surface area (Å²) in [6.45, 7) is 6.29. The predicted molar refractivity (Wildman–Crippen MR) is 76.6 cm³/mol. The number of aryl methyl sites for hydroxylation is 1. The quantitative estimate of drug-likeness (QED) is 0.724. The molecule has 0 amide bonds. The maximum Gasteiger partial charge on any atom is 0.309 e. The minimum absolute atomic E-state index is 0.637. The first-order valence-corrected chi connectivity index (χ1v) is 6.91. The lowest BCUT2D eigenvalue weighted by atomic mass is 9.87. The molecule has 0 atom stereocenters. The first-order chi connectivity index (χ1) is 8.95. The molecule has 0 aromatic heterocycles. The van der Waals surface area contributed by atoms with Gasteiger partial charge in [0.15, 0.2) is 0 Å². The first kappa shape index (κ1) is 15.5. The Labute approximate surface area is 115 Å². The molecule has 0 saturated carbocycles. The standard InChI is InChI=1S/C16H24O3/c1-4-13-8-7-9-14(12-13)19-11-6-5-10-16(2,3)15(17)18/h7-9,12H,4-6,10-11H2,1-3H3,(H,17,18). The fourth-order valence-electron chi connectivity index (χ4n) is 1.82. The van der Waals surface area contributed by atoms with Crippen molar-refractivity contribution in [2.24, 2.45) is 5.41 Å². The predicted octanol–water partition coefficient (Wildman–Crippen LogP) is 3.91. The Morgan fingerprint density at radius 2 is 2.05 bits per heavy atom. The highest BCUT2D eigenvalue weighted by molar-refractivity contribution is 5.73. The molecule has 19 heavy (non-hydrogen) atoms. The van der Waals surface area contributed by atoms with Crippen LogP contribution >= 0.6 is 0 Å². The van der Waals surface area contributed by atoms with Crippen LogP contribution < -0.4 is 4.74 Å². The van der Waals surface area contributed by atoms with Crippen molar-refractivity contribution in [1.29, 1.82) is 0 Å². The lowest BCUT2D eigenvalue weighted by Gasteiger charge is -2.18. The molecule has 1 rings (SSSR count). The fraction of sp³-hybridized carbons (Fsp3) is 0.562. The van der Waals surface area contributed by atoms with Crippen molar-refractivity contribution in [3.63, 3.8) is 0 Å². The molecular weight excluding hydrogens is 240 g/mol. The summed E-state index contributed by atoms with van der Waals surface area (Å²) in [6.07, 6.45) is 3.44. The Bertz CT molecular complexity index is 410. The van der Waals surface area contributed by atoms with Crippen LogP contribution in [0.3, 0.4) is 0 Å². The van der Waals surface area contributed by atoms with Gasteiger partial charge in [0.2, 0.25) is 0 Å². The summed E-state index contributed by atoms with van der Waals surface area (Å²) in [5, 5.41) is 9.00. The number of rotatable bonds is 8. The lowest BCUT2D eigenvalue weighted by molar-refractivity contribution is -0.147. The molecule has 3 heteroatoms. The van der Waals surface area contributed by atoms with Crippen LogP contribution in [0.25, 0.3) is 0 Å². The largest absolute Gasteiger partial charge is 0.494 e. The maximum atomic E-state index is 10.9. The summed E-state index contributed by atoms with van der Waals surface area (Å²) in [4.78, 5) is 10.9. The van der Waals surface area contributed by atoms with Crippen molar-refractivity contribution in [3.8, 4) is 5.75 Å². The molecule has 0 unspecified atom stereocenters. The van der Waals surface area contributed by atoms with Gasteiger partial charge in [0, 0.05) is 0 Å². The Morgan fingerprint density at radius 1 is 1.32 bits per heavy atom. The van der Waals surface area contributed by atoms with Gasteiger partial charge in [-0.1, -0.05) is 19.1 Å². The zero-order valence-electron chi connectivity index (χ0n) is 12.1. The maximum absolute atomic E-state index is 10.9. The van der Waals surface area contributed by atoms with E-state index in [2.05, 4.69) is 19.1 Å². The second-order valence-electron chi connectivity index (χ2n) is 5.50. The summed E-state index contributed by atoms with van der Waals surface area (Å²) in [5.74, 6) is 0.168. The third-order valence-corrected chi connectivity index (χ3v) is 3.35. The molecule has 0 spiro atoms. The molecule has 0 aliphatic carbocycles. The minimum atomic E-state index is -0.732. The van der Waals surface area contributed by atoms with Gasteiger partial charge in [-0.25, -0.2) is 0 Å². The Balaban J connectivity index is 2.26. The Hall–Kier alpha value is -1.51. The van der Waals surface area contributed by atoms with Crippen molar-refractivity contribution < 1.29 is 14.6 Å². The SMILES string of the molecule is CCc1cccc(OCCCCC(C)(C)C(=O)O)c1. The monoisotopic (exact) mass is 264 g/mol. The number of benzene rings is 1. The average molecular weight is 264 g/mol. The highest BCUT2D eigenvalue weighted by atomic mass is 16.5. The molecule has 0 fully saturated rings. The third kappa shape index (κ3) is 5.33. The van der Waals surface area contributed by atoms with Crippen LogP contribution in [0, 0.1) is 5.41 Å². The van der Waals surface area contributed by atoms with E-state index < -0.39 is 11.4 Å². The van der Waals surface area contributed by atoms with Crippen molar-refractivity contribution in [3.05, 3.63) is 29.8 Å². The highest BCUT2D eigenvalue weighted by Gasteiger charge is 2.25. The van der Waals surface area contributed by atoms with Crippen molar-refractivity contribution in [2.75, 3.05) is 6.61 Å². The summed E-state index contributed by atoms with van der Waals surface area (Å²) in [6, 6.07) is 8.10. The normalized spacial score (nSPS) is 11.3. The van der Waals surface area contributed by atoms with Gasteiger partial charge >= 0.3 is 5.97 Å². The smallest absolute Gasteiger partial charge is 0.309 e. The zero-order chi connectivity index (χ0) is 14.3. The number of hydrogen-bond acceptors (Lipinski definition) is 2. The molecule has 1 aromatic rings. The van der Waals surface area contributed by atoms with E-state index in [1.54, 1.807) is 13.8 Å². The number of unbranched alkanes of at least 4 members (excludes halogenated alkanes) is 1. The van der Waals surface area contributed by atoms with E-state index >= 15 is 0 Å². The minimum Gasteiger partial charge on any atom is -0.494 e. The number of carboxylic acid groups (broad SMARTS) is 1. The van der Waals surface area contributed by atoms with E-state index in [1.807, 2.05) is 12.1 Å². The second kappa shape index (κ2) is 7.17. The highest BCUT2D eigenvalue weighted by Crippen LogP contribution is 2.23. The van der Waals surface area contributed by atoms with Crippen LogP contribution in [0.5, 0.6) is 5.75 Å². The summed E-state index contributed by atoms with van der Waals surface area (Å²) in [5.41, 5.74) is 0.631. The molecule has 0 bridgehead atoms. The number of carbonyl (C=O) groups is 1. The molecule has 0 aliphatic heterocycles. The van der Waals surface area contributed by atoms with Gasteiger partial charge in [-0.2, -0.15) is 0 Å². The van der Waals surface area contributed by atoms with Crippen LogP contribution in [0.15, 0.2) is 24.3 Å². The second-order valence-corrected chi connectivity index (χ2v) is 5.50. The molecule has 1 aromatic carbocycles. The van der Waals surface area contributed by atoms with Gasteiger partial charge in [0.1, 0.15) is 5.75 Å². The van der Waals surface area contributed by atoms with Gasteiger partial charge in [-0.3, -0.25) is 4.79 Å². The summed E-state index contributed by atoms with van der Waals surface area (Å²) >= 11 is 0. The number of carboxylic acids is 1.